The van der Waals surface area contributed by atoms with Gasteiger partial charge in [-0.15, -0.1) is 0 Å². The normalized spacial score (nSPS) is 35.8. The Kier molecular flexibility index (Phi) is 3.36. The van der Waals surface area contributed by atoms with Crippen molar-refractivity contribution in [3.63, 3.8) is 0 Å². The van der Waals surface area contributed by atoms with Crippen LogP contribution in [0.25, 0.3) is 0 Å². The quantitative estimate of drug-likeness (QED) is 0.702. The lowest BCUT2D eigenvalue weighted by atomic mass is 9.95. The molecule has 2 rings (SSSR count). The van der Waals surface area contributed by atoms with Crippen LogP contribution in [0.3, 0.4) is 0 Å². The lowest BCUT2D eigenvalue weighted by Gasteiger charge is -2.36. The number of nitrogens with zero attached hydrogens (tertiary/aromatic N) is 1. The monoisotopic (exact) mass is 202 g/mol. The van der Waals surface area contributed by atoms with Crippen molar-refractivity contribution in [2.45, 2.75) is 18.5 Å². The summed E-state index contributed by atoms with van der Waals surface area (Å²) in [7, 11) is 0. The molecule has 2 heterocycles. The summed E-state index contributed by atoms with van der Waals surface area (Å²) in [6.45, 7) is 5.33. The average Bonchev–Trinajstić information content (AvgIpc) is 2.19. The minimum Gasteiger partial charge on any atom is -0.379 e. The smallest absolute Gasteiger partial charge is 0.136 e. The topological polar surface area (TPSA) is 24.5 Å². The molecule has 82 valence electrons. The molecule has 0 aromatic rings. The van der Waals surface area contributed by atoms with Crippen LogP contribution >= 0.6 is 0 Å². The Morgan fingerprint density at radius 2 is 2.14 bits per heavy atom. The predicted octanol–water partition coefficient (Wildman–Crippen LogP) is 0.410. The van der Waals surface area contributed by atoms with E-state index in [0.717, 1.165) is 39.3 Å². The number of alkyl halides is 1. The van der Waals surface area contributed by atoms with Crippen molar-refractivity contribution in [3.8, 4) is 0 Å². The molecular weight excluding hydrogens is 183 g/mol. The van der Waals surface area contributed by atoms with E-state index in [1.165, 1.54) is 0 Å². The minimum absolute atomic E-state index is 0.518. The van der Waals surface area contributed by atoms with E-state index in [9.17, 15) is 4.39 Å². The Morgan fingerprint density at radius 1 is 1.36 bits per heavy atom. The van der Waals surface area contributed by atoms with Gasteiger partial charge in [0.1, 0.15) is 5.67 Å². The summed E-state index contributed by atoms with van der Waals surface area (Å²) in [5.41, 5.74) is -1.00. The maximum Gasteiger partial charge on any atom is 0.136 e. The number of hydrogen-bond donors (Lipinski definition) is 1. The second-order valence-electron chi connectivity index (χ2n) is 4.32. The Morgan fingerprint density at radius 3 is 2.79 bits per heavy atom. The molecule has 0 amide bonds. The van der Waals surface area contributed by atoms with Gasteiger partial charge in [0, 0.05) is 26.2 Å². The third-order valence-electron chi connectivity index (χ3n) is 3.03. The van der Waals surface area contributed by atoms with Crippen LogP contribution in [0.1, 0.15) is 12.8 Å². The second kappa shape index (κ2) is 4.55. The summed E-state index contributed by atoms with van der Waals surface area (Å²) in [4.78, 5) is 2.18. The van der Waals surface area contributed by atoms with Crippen LogP contribution in [0.5, 0.6) is 0 Å². The first-order valence-corrected chi connectivity index (χ1v) is 5.48. The summed E-state index contributed by atoms with van der Waals surface area (Å²) >= 11 is 0. The number of morpholine rings is 1. The second-order valence-corrected chi connectivity index (χ2v) is 4.32. The SMILES string of the molecule is FC1(CN2CCOCC2)CCCNC1. The molecule has 0 aromatic carbocycles. The number of halogens is 1. The number of rotatable bonds is 2. The molecule has 2 aliphatic rings. The number of nitrogens with one attached hydrogen (secondary N) is 1. The van der Waals surface area contributed by atoms with Gasteiger partial charge in [-0.1, -0.05) is 0 Å². The fraction of sp³-hybridized carbons (Fsp3) is 1.00. The highest BCUT2D eigenvalue weighted by Crippen LogP contribution is 2.22. The third-order valence-corrected chi connectivity index (χ3v) is 3.03. The molecule has 14 heavy (non-hydrogen) atoms. The van der Waals surface area contributed by atoms with Crippen LogP contribution in [0.4, 0.5) is 4.39 Å². The van der Waals surface area contributed by atoms with E-state index >= 15 is 0 Å². The van der Waals surface area contributed by atoms with Crippen LogP contribution in [0, 0.1) is 0 Å². The zero-order chi connectivity index (χ0) is 9.86. The minimum atomic E-state index is -1.00. The maximum atomic E-state index is 14.2. The summed E-state index contributed by atoms with van der Waals surface area (Å²) in [6, 6.07) is 0. The first kappa shape index (κ1) is 10.3. The zero-order valence-electron chi connectivity index (χ0n) is 8.60. The molecular formula is C10H19FN2O. The maximum absolute atomic E-state index is 14.2. The summed E-state index contributed by atoms with van der Waals surface area (Å²) in [5.74, 6) is 0. The van der Waals surface area contributed by atoms with Crippen molar-refractivity contribution in [1.29, 1.82) is 0 Å². The molecule has 0 aromatic heterocycles. The Bertz CT molecular complexity index is 177. The van der Waals surface area contributed by atoms with Crippen molar-refractivity contribution in [2.75, 3.05) is 45.9 Å². The van der Waals surface area contributed by atoms with Crippen LogP contribution in [-0.2, 0) is 4.74 Å². The number of piperidine rings is 1. The molecule has 2 fully saturated rings. The fourth-order valence-corrected chi connectivity index (χ4v) is 2.23. The van der Waals surface area contributed by atoms with E-state index in [0.29, 0.717) is 19.5 Å². The summed E-state index contributed by atoms with van der Waals surface area (Å²) in [5, 5.41) is 3.13. The Hall–Kier alpha value is -0.190. The fourth-order valence-electron chi connectivity index (χ4n) is 2.23. The van der Waals surface area contributed by atoms with E-state index in [1.54, 1.807) is 0 Å². The van der Waals surface area contributed by atoms with E-state index in [2.05, 4.69) is 10.2 Å². The molecule has 1 atom stereocenters. The molecule has 1 N–H and O–H groups in total. The highest BCUT2D eigenvalue weighted by atomic mass is 19.1. The van der Waals surface area contributed by atoms with Crippen molar-refractivity contribution in [2.24, 2.45) is 0 Å². The highest BCUT2D eigenvalue weighted by Gasteiger charge is 2.33. The van der Waals surface area contributed by atoms with E-state index < -0.39 is 5.67 Å². The Balaban J connectivity index is 1.81. The van der Waals surface area contributed by atoms with Gasteiger partial charge in [-0.2, -0.15) is 0 Å². The molecule has 0 saturated carbocycles. The molecule has 0 radical (unpaired) electrons. The van der Waals surface area contributed by atoms with Crippen LogP contribution in [-0.4, -0.2) is 56.5 Å². The summed E-state index contributed by atoms with van der Waals surface area (Å²) in [6.07, 6.45) is 1.66. The molecule has 2 aliphatic heterocycles. The number of hydrogen-bond acceptors (Lipinski definition) is 3. The van der Waals surface area contributed by atoms with Crippen molar-refractivity contribution in [3.05, 3.63) is 0 Å². The van der Waals surface area contributed by atoms with Gasteiger partial charge in [0.2, 0.25) is 0 Å². The lowest BCUT2D eigenvalue weighted by Crippen LogP contribution is -2.52. The van der Waals surface area contributed by atoms with Gasteiger partial charge in [0.05, 0.1) is 13.2 Å². The third kappa shape index (κ3) is 2.65. The molecule has 2 saturated heterocycles. The van der Waals surface area contributed by atoms with Gasteiger partial charge in [-0.3, -0.25) is 4.90 Å². The molecule has 0 spiro atoms. The van der Waals surface area contributed by atoms with Crippen molar-refractivity contribution >= 4 is 0 Å². The largest absolute Gasteiger partial charge is 0.379 e. The van der Waals surface area contributed by atoms with Gasteiger partial charge >= 0.3 is 0 Å². The van der Waals surface area contributed by atoms with E-state index in [4.69, 9.17) is 4.74 Å². The molecule has 0 bridgehead atoms. The number of ether oxygens (including phenoxy) is 1. The van der Waals surface area contributed by atoms with Crippen molar-refractivity contribution < 1.29 is 9.13 Å². The van der Waals surface area contributed by atoms with Crippen molar-refractivity contribution in [1.82, 2.24) is 10.2 Å². The predicted molar refractivity (Wildman–Crippen MR) is 53.2 cm³/mol. The Labute approximate surface area is 84.6 Å². The summed E-state index contributed by atoms with van der Waals surface area (Å²) < 4.78 is 19.5. The molecule has 3 nitrogen and oxygen atoms in total. The standard InChI is InChI=1S/C10H19FN2O/c11-10(2-1-3-12-8-10)9-13-4-6-14-7-5-13/h12H,1-9H2. The van der Waals surface area contributed by atoms with Gasteiger partial charge in [0.25, 0.3) is 0 Å². The van der Waals surface area contributed by atoms with Crippen LogP contribution in [0.2, 0.25) is 0 Å². The molecule has 4 heteroatoms. The van der Waals surface area contributed by atoms with Gasteiger partial charge in [0.15, 0.2) is 0 Å². The zero-order valence-corrected chi connectivity index (χ0v) is 8.60. The average molecular weight is 202 g/mol. The molecule has 1 unspecified atom stereocenters. The first-order chi connectivity index (χ1) is 6.79. The van der Waals surface area contributed by atoms with Crippen LogP contribution < -0.4 is 5.32 Å². The highest BCUT2D eigenvalue weighted by molar-refractivity contribution is 4.89. The van der Waals surface area contributed by atoms with Gasteiger partial charge in [-0.25, -0.2) is 4.39 Å². The van der Waals surface area contributed by atoms with Crippen LogP contribution in [0.15, 0.2) is 0 Å². The first-order valence-electron chi connectivity index (χ1n) is 5.48. The molecule has 0 aliphatic carbocycles. The lowest BCUT2D eigenvalue weighted by molar-refractivity contribution is -0.00161. The van der Waals surface area contributed by atoms with E-state index in [1.807, 2.05) is 0 Å². The van der Waals surface area contributed by atoms with Gasteiger partial charge < -0.3 is 10.1 Å². The van der Waals surface area contributed by atoms with E-state index in [-0.39, 0.29) is 0 Å². The van der Waals surface area contributed by atoms with Gasteiger partial charge in [-0.05, 0) is 19.4 Å².